The Morgan fingerprint density at radius 3 is 2.78 bits per heavy atom. The van der Waals surface area contributed by atoms with E-state index >= 15 is 0 Å². The molecule has 0 aliphatic carbocycles. The van der Waals surface area contributed by atoms with Crippen molar-refractivity contribution in [1.29, 1.82) is 0 Å². The number of aromatic nitrogens is 2. The lowest BCUT2D eigenvalue weighted by Crippen LogP contribution is -2.29. The van der Waals surface area contributed by atoms with Crippen LogP contribution in [0.25, 0.3) is 0 Å². The number of carbonyl (C=O) groups is 2. The average molecular weight is 271 g/mol. The highest BCUT2D eigenvalue weighted by Gasteiger charge is 2.13. The lowest BCUT2D eigenvalue weighted by Gasteiger charge is -2.15. The molecular formula is C11H17N3O3S. The van der Waals surface area contributed by atoms with Crippen LogP contribution >= 0.6 is 11.8 Å². The number of thioether (sulfide) groups is 1. The Kier molecular flexibility index (Phi) is 5.21. The third kappa shape index (κ3) is 4.06. The number of likely N-dealkylation sites (N-methyl/N-ethyl adjacent to an activating group) is 1. The summed E-state index contributed by atoms with van der Waals surface area (Å²) >= 11 is 1.12. The Hall–Kier alpha value is -1.50. The van der Waals surface area contributed by atoms with E-state index < -0.39 is 5.97 Å². The third-order valence-corrected chi connectivity index (χ3v) is 3.37. The lowest BCUT2D eigenvalue weighted by atomic mass is 10.5. The Labute approximate surface area is 110 Å². The quantitative estimate of drug-likeness (QED) is 0.776. The maximum atomic E-state index is 11.8. The number of imidazole rings is 1. The predicted molar refractivity (Wildman–Crippen MR) is 68.6 cm³/mol. The minimum absolute atomic E-state index is 0.0212. The normalized spacial score (nSPS) is 10.4. The van der Waals surface area contributed by atoms with Gasteiger partial charge in [-0.1, -0.05) is 11.8 Å². The van der Waals surface area contributed by atoms with Gasteiger partial charge in [0.2, 0.25) is 5.91 Å². The van der Waals surface area contributed by atoms with Crippen LogP contribution in [0.3, 0.4) is 0 Å². The van der Waals surface area contributed by atoms with Crippen molar-refractivity contribution in [3.8, 4) is 0 Å². The van der Waals surface area contributed by atoms with Crippen molar-refractivity contribution in [2.24, 2.45) is 0 Å². The summed E-state index contributed by atoms with van der Waals surface area (Å²) in [6.45, 7) is 4.55. The molecule has 0 atom stereocenters. The minimum atomic E-state index is -0.899. The molecule has 1 rings (SSSR count). The summed E-state index contributed by atoms with van der Waals surface area (Å²) in [6.07, 6.45) is 1.76. The number of hydrogen-bond acceptors (Lipinski definition) is 4. The van der Waals surface area contributed by atoms with Crippen LogP contribution in [0.15, 0.2) is 11.4 Å². The first-order valence-electron chi connectivity index (χ1n) is 5.56. The fourth-order valence-corrected chi connectivity index (χ4v) is 2.07. The predicted octanol–water partition coefficient (Wildman–Crippen LogP) is 0.847. The second-order valence-electron chi connectivity index (χ2n) is 3.88. The van der Waals surface area contributed by atoms with Gasteiger partial charge < -0.3 is 14.6 Å². The molecule has 0 fully saturated rings. The van der Waals surface area contributed by atoms with Crippen LogP contribution in [-0.4, -0.2) is 50.8 Å². The van der Waals surface area contributed by atoms with Gasteiger partial charge in [-0.2, -0.15) is 0 Å². The van der Waals surface area contributed by atoms with Gasteiger partial charge in [-0.15, -0.1) is 0 Å². The van der Waals surface area contributed by atoms with Crippen LogP contribution in [0.4, 0.5) is 0 Å². The summed E-state index contributed by atoms with van der Waals surface area (Å²) in [5, 5.41) is 9.21. The second kappa shape index (κ2) is 6.44. The number of amides is 1. The largest absolute Gasteiger partial charge is 0.481 e. The molecule has 0 bridgehead atoms. The third-order valence-electron chi connectivity index (χ3n) is 2.39. The Balaban J connectivity index is 2.75. The van der Waals surface area contributed by atoms with Crippen LogP contribution in [0.1, 0.15) is 12.6 Å². The molecule has 6 nitrogen and oxygen atoms in total. The number of nitrogens with zero attached hydrogens (tertiary/aromatic N) is 3. The van der Waals surface area contributed by atoms with Gasteiger partial charge in [0.05, 0.1) is 11.4 Å². The Morgan fingerprint density at radius 1 is 1.56 bits per heavy atom. The standard InChI is InChI=1S/C11H17N3O3S/c1-4-13(3)9(15)6-14-5-8(2)12-11(14)18-7-10(16)17/h5H,4,6-7H2,1-3H3,(H,16,17). The van der Waals surface area contributed by atoms with Crippen LogP contribution < -0.4 is 0 Å². The van der Waals surface area contributed by atoms with Gasteiger partial charge in [0.15, 0.2) is 5.16 Å². The van der Waals surface area contributed by atoms with Crippen molar-refractivity contribution < 1.29 is 14.7 Å². The highest BCUT2D eigenvalue weighted by molar-refractivity contribution is 7.99. The number of carbonyl (C=O) groups excluding carboxylic acids is 1. The zero-order chi connectivity index (χ0) is 13.7. The van der Waals surface area contributed by atoms with Crippen molar-refractivity contribution in [3.63, 3.8) is 0 Å². The number of hydrogen-bond donors (Lipinski definition) is 1. The smallest absolute Gasteiger partial charge is 0.313 e. The van der Waals surface area contributed by atoms with Crippen LogP contribution in [0.5, 0.6) is 0 Å². The zero-order valence-electron chi connectivity index (χ0n) is 10.7. The van der Waals surface area contributed by atoms with Gasteiger partial charge >= 0.3 is 5.97 Å². The monoisotopic (exact) mass is 271 g/mol. The molecule has 0 radical (unpaired) electrons. The molecule has 0 aromatic carbocycles. The summed E-state index contributed by atoms with van der Waals surface area (Å²) < 4.78 is 1.69. The van der Waals surface area contributed by atoms with Gasteiger partial charge in [-0.05, 0) is 13.8 Å². The average Bonchev–Trinajstić information content (AvgIpc) is 2.65. The van der Waals surface area contributed by atoms with Gasteiger partial charge in [-0.3, -0.25) is 9.59 Å². The molecule has 0 aliphatic heterocycles. The molecule has 1 N–H and O–H groups in total. The summed E-state index contributed by atoms with van der Waals surface area (Å²) in [6, 6.07) is 0. The highest BCUT2D eigenvalue weighted by Crippen LogP contribution is 2.17. The zero-order valence-corrected chi connectivity index (χ0v) is 11.5. The molecule has 1 aromatic heterocycles. The van der Waals surface area contributed by atoms with E-state index in [9.17, 15) is 9.59 Å². The van der Waals surface area contributed by atoms with E-state index in [2.05, 4.69) is 4.98 Å². The molecule has 7 heteroatoms. The molecule has 1 heterocycles. The first-order valence-corrected chi connectivity index (χ1v) is 6.55. The van der Waals surface area contributed by atoms with Gasteiger partial charge in [0.1, 0.15) is 6.54 Å². The second-order valence-corrected chi connectivity index (χ2v) is 4.83. The minimum Gasteiger partial charge on any atom is -0.481 e. The molecule has 1 amide bonds. The molecule has 1 aromatic rings. The summed E-state index contributed by atoms with van der Waals surface area (Å²) in [5.41, 5.74) is 0.773. The van der Waals surface area contributed by atoms with Crippen molar-refractivity contribution in [2.75, 3.05) is 19.3 Å². The van der Waals surface area contributed by atoms with E-state index in [0.29, 0.717) is 11.7 Å². The van der Waals surface area contributed by atoms with E-state index in [-0.39, 0.29) is 18.2 Å². The van der Waals surface area contributed by atoms with Crippen LogP contribution in [0.2, 0.25) is 0 Å². The van der Waals surface area contributed by atoms with Gasteiger partial charge in [-0.25, -0.2) is 4.98 Å². The van der Waals surface area contributed by atoms with E-state index in [0.717, 1.165) is 17.5 Å². The number of carboxylic acids is 1. The Morgan fingerprint density at radius 2 is 2.22 bits per heavy atom. The first-order chi connectivity index (χ1) is 8.43. The lowest BCUT2D eigenvalue weighted by molar-refractivity contribution is -0.134. The fourth-order valence-electron chi connectivity index (χ4n) is 1.32. The molecule has 0 saturated heterocycles. The summed E-state index contributed by atoms with van der Waals surface area (Å²) in [4.78, 5) is 28.2. The van der Waals surface area contributed by atoms with Crippen molar-refractivity contribution >= 4 is 23.6 Å². The first kappa shape index (κ1) is 14.6. The summed E-state index contributed by atoms with van der Waals surface area (Å²) in [5.74, 6) is -0.981. The van der Waals surface area contributed by atoms with Crippen molar-refractivity contribution in [3.05, 3.63) is 11.9 Å². The molecule has 0 spiro atoms. The van der Waals surface area contributed by atoms with Crippen LogP contribution in [-0.2, 0) is 16.1 Å². The van der Waals surface area contributed by atoms with Crippen molar-refractivity contribution in [2.45, 2.75) is 25.5 Å². The maximum Gasteiger partial charge on any atom is 0.313 e. The fraction of sp³-hybridized carbons (Fsp3) is 0.545. The number of aliphatic carboxylic acids is 1. The molecule has 0 aliphatic rings. The Bertz CT molecular complexity index is 445. The van der Waals surface area contributed by atoms with Gasteiger partial charge in [0.25, 0.3) is 0 Å². The molecule has 18 heavy (non-hydrogen) atoms. The van der Waals surface area contributed by atoms with E-state index in [4.69, 9.17) is 5.11 Å². The highest BCUT2D eigenvalue weighted by atomic mass is 32.2. The molecule has 100 valence electrons. The SMILES string of the molecule is CCN(C)C(=O)Cn1cc(C)nc1SCC(=O)O. The number of rotatable bonds is 6. The number of aryl methyl sites for hydroxylation is 1. The summed E-state index contributed by atoms with van der Waals surface area (Å²) in [7, 11) is 1.73. The molecular weight excluding hydrogens is 254 g/mol. The maximum absolute atomic E-state index is 11.8. The topological polar surface area (TPSA) is 75.4 Å². The van der Waals surface area contributed by atoms with Crippen LogP contribution in [0, 0.1) is 6.92 Å². The molecule has 0 unspecified atom stereocenters. The van der Waals surface area contributed by atoms with Gasteiger partial charge in [0, 0.05) is 19.8 Å². The van der Waals surface area contributed by atoms with E-state index in [1.807, 2.05) is 13.8 Å². The van der Waals surface area contributed by atoms with Crippen molar-refractivity contribution in [1.82, 2.24) is 14.5 Å². The van der Waals surface area contributed by atoms with E-state index in [1.165, 1.54) is 0 Å². The van der Waals surface area contributed by atoms with E-state index in [1.54, 1.807) is 22.7 Å². The number of carboxylic acid groups (broad SMARTS) is 1. The molecule has 0 saturated carbocycles.